The number of aliphatic hydroxyl groups is 1. The summed E-state index contributed by atoms with van der Waals surface area (Å²) < 4.78 is 37.5. The molecular weight excluding hydrogens is 231 g/mol. The molecule has 0 aromatic heterocycles. The Hall–Kier alpha value is -0.970. The van der Waals surface area contributed by atoms with Gasteiger partial charge in [-0.25, -0.2) is 0 Å². The van der Waals surface area contributed by atoms with Crippen molar-refractivity contribution >= 4 is 0 Å². The van der Waals surface area contributed by atoms with E-state index >= 15 is 0 Å². The van der Waals surface area contributed by atoms with Crippen molar-refractivity contribution in [2.75, 3.05) is 6.54 Å². The largest absolute Gasteiger partial charge is 0.412 e. The monoisotopic (exact) mass is 247 g/mol. The highest BCUT2D eigenvalue weighted by molar-refractivity contribution is 5.28. The van der Waals surface area contributed by atoms with Crippen molar-refractivity contribution in [2.24, 2.45) is 0 Å². The van der Waals surface area contributed by atoms with E-state index in [9.17, 15) is 18.3 Å². The molecule has 1 saturated carbocycles. The average molecular weight is 247 g/mol. The van der Waals surface area contributed by atoms with E-state index in [2.05, 4.69) is 6.58 Å². The first-order valence-corrected chi connectivity index (χ1v) is 5.65. The topological polar surface area (TPSA) is 23.5 Å². The second kappa shape index (κ2) is 3.77. The van der Waals surface area contributed by atoms with Crippen LogP contribution in [-0.2, 0) is 0 Å². The smallest absolute Gasteiger partial charge is 0.390 e. The second-order valence-electron chi connectivity index (χ2n) is 5.16. The molecule has 1 fully saturated rings. The number of hydrogen-bond donors (Lipinski definition) is 1. The van der Waals surface area contributed by atoms with Crippen LogP contribution >= 0.6 is 0 Å². The van der Waals surface area contributed by atoms with Gasteiger partial charge in [-0.15, -0.1) is 0 Å². The first-order chi connectivity index (χ1) is 7.69. The molecule has 2 aliphatic rings. The van der Waals surface area contributed by atoms with Crippen LogP contribution in [0, 0.1) is 0 Å². The maximum absolute atomic E-state index is 12.5. The number of rotatable bonds is 1. The predicted octanol–water partition coefficient (Wildman–Crippen LogP) is 2.61. The maximum atomic E-state index is 12.5. The molecule has 17 heavy (non-hydrogen) atoms. The fourth-order valence-electron chi connectivity index (χ4n) is 2.56. The Morgan fingerprint density at radius 1 is 1.47 bits per heavy atom. The summed E-state index contributed by atoms with van der Waals surface area (Å²) in [6.07, 6.45) is -1.93. The molecule has 1 N–H and O–H groups in total. The van der Waals surface area contributed by atoms with Crippen molar-refractivity contribution in [1.82, 2.24) is 4.90 Å². The van der Waals surface area contributed by atoms with E-state index in [0.717, 1.165) is 6.08 Å². The summed E-state index contributed by atoms with van der Waals surface area (Å²) in [5, 5.41) is 9.63. The summed E-state index contributed by atoms with van der Waals surface area (Å²) in [4.78, 5) is 1.87. The molecule has 0 spiro atoms. The molecule has 0 bridgehead atoms. The predicted molar refractivity (Wildman–Crippen MR) is 58.2 cm³/mol. The number of halogens is 3. The van der Waals surface area contributed by atoms with Gasteiger partial charge in [-0.3, -0.25) is 0 Å². The first kappa shape index (κ1) is 12.5. The van der Waals surface area contributed by atoms with E-state index in [1.807, 2.05) is 4.90 Å². The van der Waals surface area contributed by atoms with Crippen LogP contribution in [0.3, 0.4) is 0 Å². The molecular formula is C12H16F3NO. The lowest BCUT2D eigenvalue weighted by Crippen LogP contribution is -2.54. The zero-order valence-corrected chi connectivity index (χ0v) is 9.72. The fourth-order valence-corrected chi connectivity index (χ4v) is 2.56. The molecule has 0 aromatic carbocycles. The van der Waals surface area contributed by atoms with Crippen LogP contribution < -0.4 is 0 Å². The van der Waals surface area contributed by atoms with Gasteiger partial charge in [-0.1, -0.05) is 6.58 Å². The number of nitrogens with zero attached hydrogens (tertiary/aromatic N) is 1. The van der Waals surface area contributed by atoms with E-state index in [0.29, 0.717) is 25.1 Å². The molecule has 96 valence electrons. The molecule has 5 heteroatoms. The minimum atomic E-state index is -4.25. The summed E-state index contributed by atoms with van der Waals surface area (Å²) in [7, 11) is 0. The van der Waals surface area contributed by atoms with Gasteiger partial charge in [-0.2, -0.15) is 13.2 Å². The highest BCUT2D eigenvalue weighted by atomic mass is 19.4. The lowest BCUT2D eigenvalue weighted by molar-refractivity contribution is -0.0994. The SMILES string of the molecule is C=C1C=C(C(F)(F)F)CCN1C1CC(C)(O)C1. The van der Waals surface area contributed by atoms with Crippen molar-refractivity contribution in [3.8, 4) is 0 Å². The quantitative estimate of drug-likeness (QED) is 0.770. The van der Waals surface area contributed by atoms with Crippen LogP contribution in [0.4, 0.5) is 13.2 Å². The van der Waals surface area contributed by atoms with Gasteiger partial charge in [0, 0.05) is 23.9 Å². The Balaban J connectivity index is 2.03. The summed E-state index contributed by atoms with van der Waals surface area (Å²) in [6.45, 7) is 5.76. The van der Waals surface area contributed by atoms with Crippen LogP contribution in [0.15, 0.2) is 23.9 Å². The van der Waals surface area contributed by atoms with E-state index in [4.69, 9.17) is 0 Å². The lowest BCUT2D eigenvalue weighted by Gasteiger charge is -2.49. The molecule has 2 nitrogen and oxygen atoms in total. The molecule has 0 unspecified atom stereocenters. The van der Waals surface area contributed by atoms with E-state index in [1.54, 1.807) is 6.92 Å². The summed E-state index contributed by atoms with van der Waals surface area (Å²) in [5.74, 6) is 0. The van der Waals surface area contributed by atoms with Crippen molar-refractivity contribution in [3.05, 3.63) is 23.9 Å². The van der Waals surface area contributed by atoms with Gasteiger partial charge in [-0.05, 0) is 32.3 Å². The Kier molecular flexibility index (Phi) is 2.77. The Bertz CT molecular complexity index is 362. The van der Waals surface area contributed by atoms with Crippen LogP contribution in [0.2, 0.25) is 0 Å². The van der Waals surface area contributed by atoms with E-state index in [1.165, 1.54) is 0 Å². The van der Waals surface area contributed by atoms with Gasteiger partial charge in [0.25, 0.3) is 0 Å². The molecule has 0 saturated heterocycles. The highest BCUT2D eigenvalue weighted by Gasteiger charge is 2.44. The second-order valence-corrected chi connectivity index (χ2v) is 5.16. The minimum absolute atomic E-state index is 0.00115. The minimum Gasteiger partial charge on any atom is -0.390 e. The van der Waals surface area contributed by atoms with Gasteiger partial charge < -0.3 is 10.0 Å². The first-order valence-electron chi connectivity index (χ1n) is 5.65. The van der Waals surface area contributed by atoms with Crippen LogP contribution in [-0.4, -0.2) is 34.4 Å². The summed E-state index contributed by atoms with van der Waals surface area (Å²) in [5.41, 5.74) is -0.771. The van der Waals surface area contributed by atoms with Crippen molar-refractivity contribution < 1.29 is 18.3 Å². The lowest BCUT2D eigenvalue weighted by atomic mass is 9.76. The van der Waals surface area contributed by atoms with Gasteiger partial charge in [0.05, 0.1) is 5.60 Å². The molecule has 0 amide bonds. The fraction of sp³-hybridized carbons (Fsp3) is 0.667. The third-order valence-corrected chi connectivity index (χ3v) is 3.49. The number of allylic oxidation sites excluding steroid dienone is 1. The standard InChI is InChI=1S/C12H16F3NO/c1-8-5-9(12(13,14)15)3-4-16(8)10-6-11(2,17)7-10/h5,10,17H,1,3-4,6-7H2,2H3. The molecule has 0 radical (unpaired) electrons. The van der Waals surface area contributed by atoms with Crippen molar-refractivity contribution in [2.45, 2.75) is 44.0 Å². The van der Waals surface area contributed by atoms with E-state index in [-0.39, 0.29) is 12.5 Å². The molecule has 0 aromatic rings. The van der Waals surface area contributed by atoms with Crippen molar-refractivity contribution in [1.29, 1.82) is 0 Å². The summed E-state index contributed by atoms with van der Waals surface area (Å²) in [6, 6.07) is 0.128. The van der Waals surface area contributed by atoms with Crippen molar-refractivity contribution in [3.63, 3.8) is 0 Å². The van der Waals surface area contributed by atoms with Gasteiger partial charge in [0.1, 0.15) is 0 Å². The Labute approximate surface area is 98.4 Å². The van der Waals surface area contributed by atoms with Crippen LogP contribution in [0.1, 0.15) is 26.2 Å². The highest BCUT2D eigenvalue weighted by Crippen LogP contribution is 2.40. The molecule has 1 aliphatic carbocycles. The molecule has 1 aliphatic heterocycles. The molecule has 1 heterocycles. The third kappa shape index (κ3) is 2.49. The Morgan fingerprint density at radius 2 is 2.06 bits per heavy atom. The average Bonchev–Trinajstić information content (AvgIpc) is 2.12. The normalized spacial score (nSPS) is 34.4. The zero-order chi connectivity index (χ0) is 12.8. The molecule has 2 rings (SSSR count). The van der Waals surface area contributed by atoms with E-state index < -0.39 is 17.4 Å². The maximum Gasteiger partial charge on any atom is 0.412 e. The molecule has 0 atom stereocenters. The van der Waals surface area contributed by atoms with Crippen LogP contribution in [0.25, 0.3) is 0 Å². The Morgan fingerprint density at radius 3 is 2.47 bits per heavy atom. The van der Waals surface area contributed by atoms with Gasteiger partial charge >= 0.3 is 6.18 Å². The third-order valence-electron chi connectivity index (χ3n) is 3.49. The number of hydrogen-bond acceptors (Lipinski definition) is 2. The van der Waals surface area contributed by atoms with Gasteiger partial charge in [0.2, 0.25) is 0 Å². The summed E-state index contributed by atoms with van der Waals surface area (Å²) >= 11 is 0. The van der Waals surface area contributed by atoms with Gasteiger partial charge in [0.15, 0.2) is 0 Å². The number of alkyl halides is 3. The van der Waals surface area contributed by atoms with Crippen LogP contribution in [0.5, 0.6) is 0 Å². The zero-order valence-electron chi connectivity index (χ0n) is 9.72.